The number of hydrogen-bond donors (Lipinski definition) is 1. The zero-order valence-corrected chi connectivity index (χ0v) is 19.5. The highest BCUT2D eigenvalue weighted by Crippen LogP contribution is 2.31. The first-order valence-corrected chi connectivity index (χ1v) is 12.7. The van der Waals surface area contributed by atoms with Crippen LogP contribution in [0, 0.1) is 4.77 Å². The maximum Gasteiger partial charge on any atom is 0.243 e. The van der Waals surface area contributed by atoms with Crippen LogP contribution in [0.5, 0.6) is 0 Å². The predicted octanol–water partition coefficient (Wildman–Crippen LogP) is 3.74. The third-order valence-corrected chi connectivity index (χ3v) is 8.15. The molecule has 33 heavy (non-hydrogen) atoms. The Morgan fingerprint density at radius 2 is 1.67 bits per heavy atom. The van der Waals surface area contributed by atoms with Gasteiger partial charge >= 0.3 is 0 Å². The summed E-state index contributed by atoms with van der Waals surface area (Å²) >= 11 is 5.51. The third kappa shape index (κ3) is 4.41. The van der Waals surface area contributed by atoms with Crippen molar-refractivity contribution in [3.8, 4) is 5.69 Å². The van der Waals surface area contributed by atoms with Crippen molar-refractivity contribution in [3.05, 3.63) is 89.2 Å². The second kappa shape index (κ2) is 9.05. The molecule has 5 rings (SSSR count). The van der Waals surface area contributed by atoms with Gasteiger partial charge in [0.1, 0.15) is 5.82 Å². The van der Waals surface area contributed by atoms with Crippen LogP contribution in [0.4, 0.5) is 0 Å². The summed E-state index contributed by atoms with van der Waals surface area (Å²) in [6, 6.07) is 18.7. The van der Waals surface area contributed by atoms with E-state index in [1.165, 1.54) is 0 Å². The van der Waals surface area contributed by atoms with Gasteiger partial charge in [0, 0.05) is 25.2 Å². The smallest absolute Gasteiger partial charge is 0.243 e. The van der Waals surface area contributed by atoms with Gasteiger partial charge in [-0.2, -0.15) is 14.5 Å². The van der Waals surface area contributed by atoms with Gasteiger partial charge in [-0.05, 0) is 42.8 Å². The van der Waals surface area contributed by atoms with Crippen LogP contribution in [0.1, 0.15) is 30.1 Å². The Bertz CT molecular complexity index is 1390. The average Bonchev–Trinajstić information content (AvgIpc) is 3.46. The third-order valence-electron chi connectivity index (χ3n) is 5.96. The molecule has 1 fully saturated rings. The molecular formula is C23H24N6O2S2. The van der Waals surface area contributed by atoms with Crippen LogP contribution < -0.4 is 0 Å². The van der Waals surface area contributed by atoms with E-state index >= 15 is 0 Å². The summed E-state index contributed by atoms with van der Waals surface area (Å²) in [4.78, 5) is 0.331. The molecule has 0 unspecified atom stereocenters. The molecule has 1 aliphatic heterocycles. The minimum atomic E-state index is -3.49. The number of hydrogen-bond acceptors (Lipinski definition) is 5. The van der Waals surface area contributed by atoms with Crippen molar-refractivity contribution in [1.82, 2.24) is 28.9 Å². The first kappa shape index (κ1) is 21.7. The summed E-state index contributed by atoms with van der Waals surface area (Å²) in [7, 11) is -3.49. The summed E-state index contributed by atoms with van der Waals surface area (Å²) in [5.41, 5.74) is 2.01. The van der Waals surface area contributed by atoms with Crippen molar-refractivity contribution in [1.29, 1.82) is 0 Å². The highest BCUT2D eigenvalue weighted by atomic mass is 32.2. The monoisotopic (exact) mass is 480 g/mol. The SMILES string of the molecule is O=S(=O)(c1ccccc1)N1CCC(c2n[nH]c(=S)n2-c2cnn(Cc3ccccc3)c2)CC1. The van der Waals surface area contributed by atoms with Crippen molar-refractivity contribution in [2.75, 3.05) is 13.1 Å². The highest BCUT2D eigenvalue weighted by molar-refractivity contribution is 7.89. The largest absolute Gasteiger partial charge is 0.269 e. The van der Waals surface area contributed by atoms with Crippen LogP contribution in [0.15, 0.2) is 78.0 Å². The Labute approximate surface area is 197 Å². The molecule has 4 aromatic rings. The van der Waals surface area contributed by atoms with Gasteiger partial charge in [-0.25, -0.2) is 8.42 Å². The van der Waals surface area contributed by atoms with E-state index in [-0.39, 0.29) is 5.92 Å². The molecule has 1 saturated heterocycles. The number of aromatic nitrogens is 5. The molecule has 10 heteroatoms. The summed E-state index contributed by atoms with van der Waals surface area (Å²) in [6.45, 7) is 1.54. The van der Waals surface area contributed by atoms with E-state index in [0.717, 1.165) is 17.1 Å². The molecule has 2 aromatic heterocycles. The molecule has 170 valence electrons. The minimum absolute atomic E-state index is 0.0950. The van der Waals surface area contributed by atoms with Crippen LogP contribution in [0.2, 0.25) is 0 Å². The Morgan fingerprint density at radius 3 is 2.36 bits per heavy atom. The van der Waals surface area contributed by atoms with Gasteiger partial charge in [0.15, 0.2) is 4.77 Å². The van der Waals surface area contributed by atoms with Gasteiger partial charge in [-0.1, -0.05) is 48.5 Å². The molecule has 1 N–H and O–H groups in total. The maximum atomic E-state index is 12.9. The second-order valence-electron chi connectivity index (χ2n) is 8.10. The normalized spacial score (nSPS) is 15.6. The van der Waals surface area contributed by atoms with E-state index in [1.54, 1.807) is 34.8 Å². The van der Waals surface area contributed by atoms with E-state index in [1.807, 2.05) is 39.7 Å². The number of sulfonamides is 1. The van der Waals surface area contributed by atoms with Crippen molar-refractivity contribution in [3.63, 3.8) is 0 Å². The van der Waals surface area contributed by atoms with Crippen molar-refractivity contribution < 1.29 is 8.42 Å². The zero-order valence-electron chi connectivity index (χ0n) is 17.9. The van der Waals surface area contributed by atoms with Gasteiger partial charge in [-0.15, -0.1) is 0 Å². The predicted molar refractivity (Wildman–Crippen MR) is 127 cm³/mol. The molecule has 0 spiro atoms. The molecule has 3 heterocycles. The van der Waals surface area contributed by atoms with Gasteiger partial charge in [0.2, 0.25) is 10.0 Å². The molecule has 0 amide bonds. The van der Waals surface area contributed by atoms with Gasteiger partial charge in [0.05, 0.1) is 23.3 Å². The molecule has 1 aliphatic rings. The Hall–Kier alpha value is -3.08. The van der Waals surface area contributed by atoms with E-state index in [9.17, 15) is 8.42 Å². The maximum absolute atomic E-state index is 12.9. The Balaban J connectivity index is 1.33. The number of H-pyrrole nitrogens is 1. The fourth-order valence-electron chi connectivity index (χ4n) is 4.25. The lowest BCUT2D eigenvalue weighted by Crippen LogP contribution is -2.38. The summed E-state index contributed by atoms with van der Waals surface area (Å²) in [5.74, 6) is 0.911. The summed E-state index contributed by atoms with van der Waals surface area (Å²) in [6.07, 6.45) is 5.08. The molecule has 8 nitrogen and oxygen atoms in total. The molecule has 0 atom stereocenters. The lowest BCUT2D eigenvalue weighted by molar-refractivity contribution is 0.312. The van der Waals surface area contributed by atoms with Crippen molar-refractivity contribution in [2.45, 2.75) is 30.2 Å². The number of piperidine rings is 1. The molecule has 0 bridgehead atoms. The Kier molecular flexibility index (Phi) is 5.96. The van der Waals surface area contributed by atoms with Gasteiger partial charge in [0.25, 0.3) is 0 Å². The lowest BCUT2D eigenvalue weighted by Gasteiger charge is -2.30. The number of aromatic amines is 1. The first-order chi connectivity index (χ1) is 16.0. The van der Waals surface area contributed by atoms with Crippen LogP contribution in [-0.4, -0.2) is 50.4 Å². The van der Waals surface area contributed by atoms with Crippen LogP contribution in [-0.2, 0) is 16.6 Å². The molecular weight excluding hydrogens is 456 g/mol. The number of nitrogens with one attached hydrogen (secondary N) is 1. The number of rotatable bonds is 6. The van der Waals surface area contributed by atoms with Crippen molar-refractivity contribution in [2.24, 2.45) is 0 Å². The van der Waals surface area contributed by atoms with Crippen LogP contribution in [0.3, 0.4) is 0 Å². The molecule has 0 saturated carbocycles. The van der Waals surface area contributed by atoms with Crippen molar-refractivity contribution >= 4 is 22.2 Å². The molecule has 2 aromatic carbocycles. The van der Waals surface area contributed by atoms with E-state index in [4.69, 9.17) is 12.2 Å². The van der Waals surface area contributed by atoms with Crippen LogP contribution >= 0.6 is 12.2 Å². The first-order valence-electron chi connectivity index (χ1n) is 10.8. The fraction of sp³-hybridized carbons (Fsp3) is 0.261. The van der Waals surface area contributed by atoms with Gasteiger partial charge in [-0.3, -0.25) is 14.3 Å². The van der Waals surface area contributed by atoms with Crippen LogP contribution in [0.25, 0.3) is 5.69 Å². The zero-order chi connectivity index (χ0) is 22.8. The Morgan fingerprint density at radius 1 is 1.00 bits per heavy atom. The highest BCUT2D eigenvalue weighted by Gasteiger charge is 2.32. The van der Waals surface area contributed by atoms with E-state index < -0.39 is 10.0 Å². The standard InChI is InChI=1S/C23H24N6O2S2/c30-33(31,21-9-5-2-6-10-21)28-13-11-19(12-14-28)22-25-26-23(32)29(22)20-15-24-27(17-20)16-18-7-3-1-4-8-18/h1-10,15,17,19H,11-14,16H2,(H,26,32). The summed E-state index contributed by atoms with van der Waals surface area (Å²) in [5, 5.41) is 11.9. The lowest BCUT2D eigenvalue weighted by atomic mass is 9.97. The number of benzene rings is 2. The quantitative estimate of drug-likeness (QED) is 0.425. The fourth-order valence-corrected chi connectivity index (χ4v) is 5.99. The number of nitrogens with zero attached hydrogens (tertiary/aromatic N) is 5. The average molecular weight is 481 g/mol. The van der Waals surface area contributed by atoms with E-state index in [2.05, 4.69) is 27.4 Å². The topological polar surface area (TPSA) is 88.8 Å². The van der Waals surface area contributed by atoms with Gasteiger partial charge < -0.3 is 0 Å². The second-order valence-corrected chi connectivity index (χ2v) is 10.4. The minimum Gasteiger partial charge on any atom is -0.269 e. The molecule has 0 radical (unpaired) electrons. The summed E-state index contributed by atoms with van der Waals surface area (Å²) < 4.78 is 31.7. The molecule has 0 aliphatic carbocycles. The van der Waals surface area contributed by atoms with E-state index in [0.29, 0.717) is 42.1 Å².